The van der Waals surface area contributed by atoms with E-state index in [1.54, 1.807) is 0 Å². The monoisotopic (exact) mass is 584 g/mol. The van der Waals surface area contributed by atoms with Crippen molar-refractivity contribution in [3.63, 3.8) is 0 Å². The maximum atomic E-state index is 10.6. The Labute approximate surface area is 251 Å². The van der Waals surface area contributed by atoms with Crippen molar-refractivity contribution in [2.24, 2.45) is 0 Å². The molecule has 10 nitrogen and oxygen atoms in total. The van der Waals surface area contributed by atoms with E-state index in [2.05, 4.69) is 43.0 Å². The summed E-state index contributed by atoms with van der Waals surface area (Å²) in [6.45, 7) is 2.24. The lowest BCUT2D eigenvalue weighted by Gasteiger charge is -2.11. The normalized spacial score (nSPS) is 10.9. The second-order valence-corrected chi connectivity index (χ2v) is 10.9. The average molecular weight is 585 g/mol. The highest BCUT2D eigenvalue weighted by Crippen LogP contribution is 2.14. The Morgan fingerprint density at radius 3 is 1.26 bits per heavy atom. The van der Waals surface area contributed by atoms with Gasteiger partial charge >= 0.3 is 11.9 Å². The molecule has 2 aromatic rings. The van der Waals surface area contributed by atoms with Crippen LogP contribution in [0, 0.1) is 0 Å². The summed E-state index contributed by atoms with van der Waals surface area (Å²) in [4.78, 5) is 34.9. The number of carboxylic acid groups (broad SMARTS) is 2. The zero-order valence-electron chi connectivity index (χ0n) is 25.3. The molecule has 0 fully saturated rings. The van der Waals surface area contributed by atoms with Gasteiger partial charge in [0.05, 0.1) is 0 Å². The molecule has 42 heavy (non-hydrogen) atoms. The SMILES string of the molecule is O=C(O)CCCCCCCCCCNc1nc(NCCCCCCCCCCC(=O)O)nc(NCc2ccccc2)n1. The highest BCUT2D eigenvalue weighted by atomic mass is 16.4. The Balaban J connectivity index is 1.68. The number of benzene rings is 1. The van der Waals surface area contributed by atoms with Crippen molar-refractivity contribution in [3.8, 4) is 0 Å². The zero-order valence-corrected chi connectivity index (χ0v) is 25.3. The van der Waals surface area contributed by atoms with Gasteiger partial charge in [-0.05, 0) is 31.2 Å². The molecule has 1 heterocycles. The van der Waals surface area contributed by atoms with E-state index < -0.39 is 11.9 Å². The van der Waals surface area contributed by atoms with Gasteiger partial charge < -0.3 is 26.2 Å². The fourth-order valence-corrected chi connectivity index (χ4v) is 4.71. The molecule has 0 saturated carbocycles. The van der Waals surface area contributed by atoms with E-state index in [9.17, 15) is 9.59 Å². The molecule has 0 saturated heterocycles. The molecule has 0 aliphatic carbocycles. The maximum absolute atomic E-state index is 10.6. The lowest BCUT2D eigenvalue weighted by Crippen LogP contribution is -2.13. The van der Waals surface area contributed by atoms with Crippen molar-refractivity contribution < 1.29 is 19.8 Å². The van der Waals surface area contributed by atoms with Gasteiger partial charge in [0.25, 0.3) is 0 Å². The third-order valence-electron chi connectivity index (χ3n) is 7.13. The molecule has 0 aliphatic rings. The molecular weight excluding hydrogens is 532 g/mol. The number of nitrogens with one attached hydrogen (secondary N) is 3. The van der Waals surface area contributed by atoms with Gasteiger partial charge in [0.15, 0.2) is 0 Å². The minimum Gasteiger partial charge on any atom is -0.481 e. The van der Waals surface area contributed by atoms with E-state index in [0.717, 1.165) is 82.9 Å². The maximum Gasteiger partial charge on any atom is 0.303 e. The Bertz CT molecular complexity index is 938. The summed E-state index contributed by atoms with van der Waals surface area (Å²) in [6.07, 6.45) is 17.8. The molecule has 0 amide bonds. The van der Waals surface area contributed by atoms with Gasteiger partial charge in [-0.3, -0.25) is 9.59 Å². The molecule has 0 atom stereocenters. The van der Waals surface area contributed by atoms with E-state index in [1.807, 2.05) is 18.2 Å². The first-order chi connectivity index (χ1) is 20.5. The van der Waals surface area contributed by atoms with Gasteiger partial charge in [-0.1, -0.05) is 107 Å². The summed E-state index contributed by atoms with van der Waals surface area (Å²) in [7, 11) is 0. The van der Waals surface area contributed by atoms with Crippen molar-refractivity contribution in [1.82, 2.24) is 15.0 Å². The zero-order chi connectivity index (χ0) is 30.1. The van der Waals surface area contributed by atoms with E-state index >= 15 is 0 Å². The Hall–Kier alpha value is -3.43. The number of hydrogen-bond acceptors (Lipinski definition) is 8. The Morgan fingerprint density at radius 1 is 0.500 bits per heavy atom. The van der Waals surface area contributed by atoms with Crippen LogP contribution in [0.25, 0.3) is 0 Å². The Kier molecular flexibility index (Phi) is 19.2. The van der Waals surface area contributed by atoms with Gasteiger partial charge in [0.1, 0.15) is 0 Å². The highest BCUT2D eigenvalue weighted by molar-refractivity contribution is 5.66. The summed E-state index contributed by atoms with van der Waals surface area (Å²) in [5.74, 6) is 0.292. The molecule has 0 unspecified atom stereocenters. The number of rotatable bonds is 27. The summed E-state index contributed by atoms with van der Waals surface area (Å²) in [5, 5.41) is 27.5. The second kappa shape index (κ2) is 23.2. The summed E-state index contributed by atoms with van der Waals surface area (Å²) in [5.41, 5.74) is 1.16. The lowest BCUT2D eigenvalue weighted by molar-refractivity contribution is -0.138. The smallest absolute Gasteiger partial charge is 0.303 e. The molecule has 0 radical (unpaired) electrons. The Morgan fingerprint density at radius 2 is 0.857 bits per heavy atom. The van der Waals surface area contributed by atoms with Crippen molar-refractivity contribution in [1.29, 1.82) is 0 Å². The van der Waals surface area contributed by atoms with Gasteiger partial charge in [-0.15, -0.1) is 0 Å². The van der Waals surface area contributed by atoms with Crippen LogP contribution >= 0.6 is 0 Å². The molecule has 2 rings (SSSR count). The quantitative estimate of drug-likeness (QED) is 0.0668. The molecule has 1 aromatic carbocycles. The first kappa shape index (κ1) is 34.8. The number of aromatic nitrogens is 3. The molecular formula is C32H52N6O4. The van der Waals surface area contributed by atoms with Crippen molar-refractivity contribution in [2.45, 2.75) is 122 Å². The number of unbranched alkanes of at least 4 members (excludes halogenated alkanes) is 14. The predicted molar refractivity (Wildman–Crippen MR) is 169 cm³/mol. The fraction of sp³-hybridized carbons (Fsp3) is 0.656. The summed E-state index contributed by atoms with van der Waals surface area (Å²) < 4.78 is 0. The molecule has 0 spiro atoms. The molecule has 10 heteroatoms. The first-order valence-electron chi connectivity index (χ1n) is 16.0. The van der Waals surface area contributed by atoms with Crippen LogP contribution in [0.2, 0.25) is 0 Å². The average Bonchev–Trinajstić information content (AvgIpc) is 2.98. The van der Waals surface area contributed by atoms with E-state index in [4.69, 9.17) is 10.2 Å². The number of anilines is 3. The number of hydrogen-bond donors (Lipinski definition) is 5. The van der Waals surface area contributed by atoms with Crippen LogP contribution in [-0.4, -0.2) is 50.2 Å². The number of carboxylic acids is 2. The predicted octanol–water partition coefficient (Wildman–Crippen LogP) is 7.50. The van der Waals surface area contributed by atoms with Gasteiger partial charge in [-0.25, -0.2) is 0 Å². The van der Waals surface area contributed by atoms with Crippen molar-refractivity contribution in [3.05, 3.63) is 35.9 Å². The van der Waals surface area contributed by atoms with E-state index in [1.165, 1.54) is 38.5 Å². The van der Waals surface area contributed by atoms with Crippen molar-refractivity contribution >= 4 is 29.8 Å². The molecule has 1 aromatic heterocycles. The molecule has 5 N–H and O–H groups in total. The third-order valence-corrected chi connectivity index (χ3v) is 7.13. The minimum absolute atomic E-state index is 0.281. The van der Waals surface area contributed by atoms with Crippen LogP contribution in [-0.2, 0) is 16.1 Å². The van der Waals surface area contributed by atoms with E-state index in [-0.39, 0.29) is 12.8 Å². The van der Waals surface area contributed by atoms with Crippen LogP contribution in [0.1, 0.15) is 121 Å². The number of nitrogens with zero attached hydrogens (tertiary/aromatic N) is 3. The topological polar surface area (TPSA) is 149 Å². The summed E-state index contributed by atoms with van der Waals surface area (Å²) in [6, 6.07) is 10.2. The van der Waals surface area contributed by atoms with Crippen molar-refractivity contribution in [2.75, 3.05) is 29.0 Å². The van der Waals surface area contributed by atoms with E-state index in [0.29, 0.717) is 24.4 Å². The van der Waals surface area contributed by atoms with Gasteiger partial charge in [0.2, 0.25) is 17.8 Å². The van der Waals surface area contributed by atoms with Crippen LogP contribution in [0.5, 0.6) is 0 Å². The van der Waals surface area contributed by atoms with Crippen LogP contribution in [0.3, 0.4) is 0 Å². The molecule has 0 bridgehead atoms. The van der Waals surface area contributed by atoms with Crippen LogP contribution < -0.4 is 16.0 Å². The summed E-state index contributed by atoms with van der Waals surface area (Å²) >= 11 is 0. The molecule has 234 valence electrons. The molecule has 0 aliphatic heterocycles. The van der Waals surface area contributed by atoms with Gasteiger partial charge in [-0.2, -0.15) is 15.0 Å². The second-order valence-electron chi connectivity index (χ2n) is 10.9. The first-order valence-corrected chi connectivity index (χ1v) is 16.0. The highest BCUT2D eigenvalue weighted by Gasteiger charge is 2.07. The van der Waals surface area contributed by atoms with Gasteiger partial charge in [0, 0.05) is 32.5 Å². The fourth-order valence-electron chi connectivity index (χ4n) is 4.71. The van der Waals surface area contributed by atoms with Crippen LogP contribution in [0.15, 0.2) is 30.3 Å². The van der Waals surface area contributed by atoms with Crippen LogP contribution in [0.4, 0.5) is 17.8 Å². The standard InChI is InChI=1S/C32H52N6O4/c39-28(40)22-16-9-5-1-3-7-11-18-24-33-30-36-31(38-32(37-30)35-26-27-20-14-13-15-21-27)34-25-19-12-8-4-2-6-10-17-23-29(41)42/h13-15,20-21H,1-12,16-19,22-26H2,(H,39,40)(H,41,42)(H3,33,34,35,36,37,38). The number of aliphatic carboxylic acids is 2. The lowest BCUT2D eigenvalue weighted by atomic mass is 10.1. The number of carbonyl (C=O) groups is 2. The third kappa shape index (κ3) is 18.8. The minimum atomic E-state index is -0.700. The largest absolute Gasteiger partial charge is 0.481 e.